The molecule has 0 saturated heterocycles. The topological polar surface area (TPSA) is 81.4 Å². The standard InChI is InChI=1S/C17H18N2O3S/c18-16(20)12-22-14-8-6-13(7-9-14)17(21)19-10-11-23-15-4-2-1-3-5-15/h1-9H,10-12H2,(H2,18,20)(H,19,21). The third-order valence-corrected chi connectivity index (χ3v) is 3.91. The molecule has 2 aromatic rings. The minimum atomic E-state index is -0.539. The first-order valence-electron chi connectivity index (χ1n) is 7.12. The number of carbonyl (C=O) groups is 2. The Kier molecular flexibility index (Phi) is 6.50. The van der Waals surface area contributed by atoms with Crippen molar-refractivity contribution in [2.24, 2.45) is 5.73 Å². The van der Waals surface area contributed by atoms with Crippen LogP contribution in [0.25, 0.3) is 0 Å². The van der Waals surface area contributed by atoms with Crippen molar-refractivity contribution in [2.45, 2.75) is 4.90 Å². The zero-order valence-electron chi connectivity index (χ0n) is 12.5. The molecule has 2 aromatic carbocycles. The summed E-state index contributed by atoms with van der Waals surface area (Å²) in [7, 11) is 0. The van der Waals surface area contributed by atoms with E-state index >= 15 is 0 Å². The number of hydrogen-bond acceptors (Lipinski definition) is 4. The van der Waals surface area contributed by atoms with E-state index in [1.165, 1.54) is 4.90 Å². The van der Waals surface area contributed by atoms with Crippen molar-refractivity contribution in [2.75, 3.05) is 18.9 Å². The maximum Gasteiger partial charge on any atom is 0.255 e. The van der Waals surface area contributed by atoms with E-state index in [1.54, 1.807) is 36.0 Å². The molecule has 0 aliphatic carbocycles. The Morgan fingerprint density at radius 1 is 1.04 bits per heavy atom. The highest BCUT2D eigenvalue weighted by Gasteiger charge is 2.05. The highest BCUT2D eigenvalue weighted by atomic mass is 32.2. The molecule has 0 aromatic heterocycles. The average Bonchev–Trinajstić information content (AvgIpc) is 2.58. The van der Waals surface area contributed by atoms with Crippen LogP contribution in [0.15, 0.2) is 59.5 Å². The molecule has 0 radical (unpaired) electrons. The van der Waals surface area contributed by atoms with Crippen molar-refractivity contribution < 1.29 is 14.3 Å². The number of rotatable bonds is 8. The van der Waals surface area contributed by atoms with Crippen molar-refractivity contribution in [3.8, 4) is 5.75 Å². The third-order valence-electron chi connectivity index (χ3n) is 2.90. The van der Waals surface area contributed by atoms with Gasteiger partial charge in [-0.3, -0.25) is 9.59 Å². The largest absolute Gasteiger partial charge is 0.484 e. The fraction of sp³-hybridized carbons (Fsp3) is 0.176. The molecular weight excluding hydrogens is 312 g/mol. The number of nitrogens with two attached hydrogens (primary N) is 1. The molecule has 0 spiro atoms. The fourth-order valence-corrected chi connectivity index (χ4v) is 2.60. The summed E-state index contributed by atoms with van der Waals surface area (Å²) in [5.74, 6) is 0.623. The van der Waals surface area contributed by atoms with Gasteiger partial charge in [-0.1, -0.05) is 18.2 Å². The Labute approximate surface area is 139 Å². The molecule has 0 atom stereocenters. The second-order valence-corrected chi connectivity index (χ2v) is 5.87. The van der Waals surface area contributed by atoms with Crippen LogP contribution in [0.3, 0.4) is 0 Å². The van der Waals surface area contributed by atoms with E-state index < -0.39 is 5.91 Å². The SMILES string of the molecule is NC(=O)COc1ccc(C(=O)NCCSc2ccccc2)cc1. The van der Waals surface area contributed by atoms with Crippen LogP contribution in [0.1, 0.15) is 10.4 Å². The summed E-state index contributed by atoms with van der Waals surface area (Å²) in [5.41, 5.74) is 5.54. The summed E-state index contributed by atoms with van der Waals surface area (Å²) in [6.07, 6.45) is 0. The van der Waals surface area contributed by atoms with Crippen LogP contribution in [0.5, 0.6) is 5.75 Å². The molecule has 0 saturated carbocycles. The van der Waals surface area contributed by atoms with Crippen molar-refractivity contribution in [1.29, 1.82) is 0 Å². The highest BCUT2D eigenvalue weighted by molar-refractivity contribution is 7.99. The van der Waals surface area contributed by atoms with Crippen molar-refractivity contribution in [3.63, 3.8) is 0 Å². The second kappa shape index (κ2) is 8.85. The molecule has 0 bridgehead atoms. The smallest absolute Gasteiger partial charge is 0.255 e. The van der Waals surface area contributed by atoms with Gasteiger partial charge in [0.1, 0.15) is 5.75 Å². The molecule has 6 heteroatoms. The summed E-state index contributed by atoms with van der Waals surface area (Å²) < 4.78 is 5.14. The molecule has 0 unspecified atom stereocenters. The number of primary amides is 1. The number of hydrogen-bond donors (Lipinski definition) is 2. The lowest BCUT2D eigenvalue weighted by molar-refractivity contribution is -0.119. The highest BCUT2D eigenvalue weighted by Crippen LogP contribution is 2.16. The molecule has 0 aliphatic heterocycles. The summed E-state index contributed by atoms with van der Waals surface area (Å²) in [6.45, 7) is 0.403. The van der Waals surface area contributed by atoms with E-state index in [0.717, 1.165) is 5.75 Å². The summed E-state index contributed by atoms with van der Waals surface area (Å²) in [6, 6.07) is 16.6. The number of nitrogens with one attached hydrogen (secondary N) is 1. The molecule has 3 N–H and O–H groups in total. The van der Waals surface area contributed by atoms with E-state index in [4.69, 9.17) is 10.5 Å². The maximum absolute atomic E-state index is 12.0. The molecule has 2 amide bonds. The number of carbonyl (C=O) groups excluding carboxylic acids is 2. The Morgan fingerprint density at radius 3 is 2.39 bits per heavy atom. The average molecular weight is 330 g/mol. The van der Waals surface area contributed by atoms with Gasteiger partial charge in [0.05, 0.1) is 0 Å². The number of thioether (sulfide) groups is 1. The van der Waals surface area contributed by atoms with Gasteiger partial charge in [-0.05, 0) is 36.4 Å². The number of benzene rings is 2. The zero-order valence-corrected chi connectivity index (χ0v) is 13.3. The predicted octanol–water partition coefficient (Wildman–Crippen LogP) is 2.07. The van der Waals surface area contributed by atoms with Gasteiger partial charge in [0.2, 0.25) is 0 Å². The molecule has 120 valence electrons. The van der Waals surface area contributed by atoms with Gasteiger partial charge in [-0.2, -0.15) is 0 Å². The summed E-state index contributed by atoms with van der Waals surface area (Å²) in [4.78, 5) is 23.8. The van der Waals surface area contributed by atoms with Gasteiger partial charge in [0, 0.05) is 22.8 Å². The van der Waals surface area contributed by atoms with E-state index in [2.05, 4.69) is 5.32 Å². The first kappa shape index (κ1) is 16.9. The monoisotopic (exact) mass is 330 g/mol. The van der Waals surface area contributed by atoms with Crippen LogP contribution in [0, 0.1) is 0 Å². The third kappa shape index (κ3) is 6.04. The second-order valence-electron chi connectivity index (χ2n) is 4.70. The summed E-state index contributed by atoms with van der Waals surface area (Å²) in [5, 5.41) is 2.86. The molecule has 2 rings (SSSR count). The van der Waals surface area contributed by atoms with Crippen LogP contribution >= 0.6 is 11.8 Å². The van der Waals surface area contributed by atoms with Gasteiger partial charge in [0.15, 0.2) is 6.61 Å². The maximum atomic E-state index is 12.0. The van der Waals surface area contributed by atoms with Crippen molar-refractivity contribution in [3.05, 3.63) is 60.2 Å². The lowest BCUT2D eigenvalue weighted by Gasteiger charge is -2.07. The Hall–Kier alpha value is -2.47. The van der Waals surface area contributed by atoms with Crippen LogP contribution in [-0.2, 0) is 4.79 Å². The van der Waals surface area contributed by atoms with Crippen LogP contribution < -0.4 is 15.8 Å². The normalized spacial score (nSPS) is 10.1. The lowest BCUT2D eigenvalue weighted by Crippen LogP contribution is -2.25. The van der Waals surface area contributed by atoms with Crippen molar-refractivity contribution >= 4 is 23.6 Å². The Balaban J connectivity index is 1.73. The van der Waals surface area contributed by atoms with E-state index in [0.29, 0.717) is 17.9 Å². The molecular formula is C17H18N2O3S. The van der Waals surface area contributed by atoms with Crippen LogP contribution in [0.4, 0.5) is 0 Å². The zero-order chi connectivity index (χ0) is 16.5. The van der Waals surface area contributed by atoms with Gasteiger partial charge < -0.3 is 15.8 Å². The fourth-order valence-electron chi connectivity index (χ4n) is 1.81. The van der Waals surface area contributed by atoms with E-state index in [9.17, 15) is 9.59 Å². The lowest BCUT2D eigenvalue weighted by atomic mass is 10.2. The van der Waals surface area contributed by atoms with E-state index in [1.807, 2.05) is 30.3 Å². The van der Waals surface area contributed by atoms with Gasteiger partial charge in [-0.15, -0.1) is 11.8 Å². The molecule has 0 aliphatic rings. The minimum absolute atomic E-state index is 0.139. The molecule has 23 heavy (non-hydrogen) atoms. The quantitative estimate of drug-likeness (QED) is 0.573. The van der Waals surface area contributed by atoms with Gasteiger partial charge in [-0.25, -0.2) is 0 Å². The first-order valence-corrected chi connectivity index (χ1v) is 8.11. The summed E-state index contributed by atoms with van der Waals surface area (Å²) >= 11 is 1.69. The van der Waals surface area contributed by atoms with Gasteiger partial charge >= 0.3 is 0 Å². The molecule has 5 nitrogen and oxygen atoms in total. The number of amides is 2. The number of ether oxygens (including phenoxy) is 1. The Morgan fingerprint density at radius 2 is 1.74 bits per heavy atom. The van der Waals surface area contributed by atoms with E-state index in [-0.39, 0.29) is 12.5 Å². The molecule has 0 fully saturated rings. The van der Waals surface area contributed by atoms with Gasteiger partial charge in [0.25, 0.3) is 11.8 Å². The first-order chi connectivity index (χ1) is 11.1. The molecule has 0 heterocycles. The van der Waals surface area contributed by atoms with Crippen LogP contribution in [-0.4, -0.2) is 30.7 Å². The Bertz CT molecular complexity index is 645. The predicted molar refractivity (Wildman–Crippen MR) is 90.6 cm³/mol. The minimum Gasteiger partial charge on any atom is -0.484 e. The van der Waals surface area contributed by atoms with Crippen molar-refractivity contribution in [1.82, 2.24) is 5.32 Å². The van der Waals surface area contributed by atoms with Crippen LogP contribution in [0.2, 0.25) is 0 Å².